The minimum atomic E-state index is -4.61. The largest absolute Gasteiger partial charge is 0.472 e. The fourth-order valence-electron chi connectivity index (χ4n) is 5.08. The fourth-order valence-corrected chi connectivity index (χ4v) is 5.87. The molecule has 0 aliphatic rings. The Labute approximate surface area is 298 Å². The number of rotatable bonds is 36. The van der Waals surface area contributed by atoms with Gasteiger partial charge in [0.2, 0.25) is 0 Å². The molecule has 0 saturated carbocycles. The summed E-state index contributed by atoms with van der Waals surface area (Å²) in [6.07, 6.45) is 31.6. The zero-order valence-corrected chi connectivity index (χ0v) is 31.8. The summed E-state index contributed by atoms with van der Waals surface area (Å²) in [5.74, 6) is -0.937. The molecule has 0 aliphatic heterocycles. The SMILES string of the molecule is CCCCCC/C=C\C/C=C\CCCCCCCCCC(=O)OC(COC(=O)CCCCCCCCCC)COP(=O)(O)OCC(O)CO. The van der Waals surface area contributed by atoms with Gasteiger partial charge in [0, 0.05) is 12.8 Å². The standard InChI is InChI=1S/C38H71O10P/c1-3-5-7-9-11-13-14-15-16-17-18-19-20-21-22-24-26-28-30-38(42)48-36(34-47-49(43,44)46-32-35(40)31-39)33-45-37(41)29-27-25-23-12-10-8-6-4-2/h13-14,16-17,35-36,39-40H,3-12,15,18-34H2,1-2H3,(H,43,44)/b14-13-,17-16-. The van der Waals surface area contributed by atoms with Crippen molar-refractivity contribution in [2.45, 2.75) is 180 Å². The van der Waals surface area contributed by atoms with E-state index in [1.165, 1.54) is 70.6 Å². The molecule has 0 aliphatic carbocycles. The number of ether oxygens (including phenoxy) is 2. The molecule has 3 unspecified atom stereocenters. The van der Waals surface area contributed by atoms with Crippen molar-refractivity contribution in [3.05, 3.63) is 24.3 Å². The zero-order valence-electron chi connectivity index (χ0n) is 30.9. The molecule has 0 amide bonds. The molecule has 0 heterocycles. The smallest absolute Gasteiger partial charge is 0.462 e. The first-order valence-corrected chi connectivity index (χ1v) is 20.8. The van der Waals surface area contributed by atoms with Gasteiger partial charge in [-0.1, -0.05) is 134 Å². The van der Waals surface area contributed by atoms with Crippen LogP contribution in [0.2, 0.25) is 0 Å². The van der Waals surface area contributed by atoms with Gasteiger partial charge in [-0.3, -0.25) is 18.6 Å². The number of aliphatic hydroxyl groups excluding tert-OH is 2. The molecule has 0 bridgehead atoms. The molecule has 0 fully saturated rings. The highest BCUT2D eigenvalue weighted by molar-refractivity contribution is 7.47. The van der Waals surface area contributed by atoms with Crippen LogP contribution in [0.25, 0.3) is 0 Å². The fraction of sp³-hybridized carbons (Fsp3) is 0.842. The van der Waals surface area contributed by atoms with E-state index in [1.807, 2.05) is 0 Å². The lowest BCUT2D eigenvalue weighted by atomic mass is 10.1. The second kappa shape index (κ2) is 34.9. The van der Waals surface area contributed by atoms with Gasteiger partial charge in [0.1, 0.15) is 12.7 Å². The predicted molar refractivity (Wildman–Crippen MR) is 196 cm³/mol. The maximum atomic E-state index is 12.5. The lowest BCUT2D eigenvalue weighted by molar-refractivity contribution is -0.161. The average molecular weight is 719 g/mol. The molecule has 10 nitrogen and oxygen atoms in total. The Bertz CT molecular complexity index is 879. The van der Waals surface area contributed by atoms with E-state index >= 15 is 0 Å². The van der Waals surface area contributed by atoms with Crippen LogP contribution in [0.3, 0.4) is 0 Å². The summed E-state index contributed by atoms with van der Waals surface area (Å²) >= 11 is 0. The van der Waals surface area contributed by atoms with Crippen LogP contribution in [0.4, 0.5) is 0 Å². The molecule has 0 aromatic rings. The third-order valence-electron chi connectivity index (χ3n) is 8.11. The Morgan fingerprint density at radius 3 is 1.59 bits per heavy atom. The summed E-state index contributed by atoms with van der Waals surface area (Å²) in [6.45, 7) is 2.31. The lowest BCUT2D eigenvalue weighted by Gasteiger charge is -2.20. The molecular formula is C38H71O10P. The van der Waals surface area contributed by atoms with E-state index in [2.05, 4.69) is 42.7 Å². The highest BCUT2D eigenvalue weighted by Crippen LogP contribution is 2.43. The van der Waals surface area contributed by atoms with E-state index in [-0.39, 0.29) is 19.4 Å². The number of allylic oxidation sites excluding steroid dienone is 4. The Morgan fingerprint density at radius 2 is 1.06 bits per heavy atom. The molecule has 0 saturated heterocycles. The zero-order chi connectivity index (χ0) is 36.3. The van der Waals surface area contributed by atoms with E-state index in [0.717, 1.165) is 57.8 Å². The maximum Gasteiger partial charge on any atom is 0.472 e. The van der Waals surface area contributed by atoms with Crippen molar-refractivity contribution in [2.75, 3.05) is 26.4 Å². The van der Waals surface area contributed by atoms with Crippen molar-refractivity contribution in [2.24, 2.45) is 0 Å². The summed E-state index contributed by atoms with van der Waals surface area (Å²) < 4.78 is 32.5. The molecule has 0 aromatic heterocycles. The van der Waals surface area contributed by atoms with Crippen molar-refractivity contribution in [1.82, 2.24) is 0 Å². The summed E-state index contributed by atoms with van der Waals surface area (Å²) in [4.78, 5) is 34.7. The Morgan fingerprint density at radius 1 is 0.612 bits per heavy atom. The van der Waals surface area contributed by atoms with Gasteiger partial charge in [-0.05, 0) is 44.9 Å². The number of hydrogen-bond acceptors (Lipinski definition) is 9. The van der Waals surface area contributed by atoms with Gasteiger partial charge in [0.25, 0.3) is 0 Å². The Balaban J connectivity index is 4.30. The summed E-state index contributed by atoms with van der Waals surface area (Å²) in [6, 6.07) is 0. The van der Waals surface area contributed by atoms with Gasteiger partial charge in [-0.2, -0.15) is 0 Å². The van der Waals surface area contributed by atoms with Crippen molar-refractivity contribution >= 4 is 19.8 Å². The minimum Gasteiger partial charge on any atom is -0.462 e. The normalized spacial score (nSPS) is 14.3. The number of unbranched alkanes of at least 4 members (excludes halogenated alkanes) is 18. The molecule has 3 atom stereocenters. The quantitative estimate of drug-likeness (QED) is 0.0248. The number of carbonyl (C=O) groups excluding carboxylic acids is 2. The van der Waals surface area contributed by atoms with Crippen LogP contribution < -0.4 is 0 Å². The maximum absolute atomic E-state index is 12.5. The first kappa shape index (κ1) is 47.4. The van der Waals surface area contributed by atoms with Crippen LogP contribution in [-0.2, 0) is 32.7 Å². The second-order valence-corrected chi connectivity index (χ2v) is 14.4. The number of hydrogen-bond donors (Lipinski definition) is 3. The second-order valence-electron chi connectivity index (χ2n) is 13.0. The highest BCUT2D eigenvalue weighted by Gasteiger charge is 2.27. The number of phosphoric ester groups is 1. The van der Waals surface area contributed by atoms with Crippen LogP contribution in [0.15, 0.2) is 24.3 Å². The van der Waals surface area contributed by atoms with Crippen LogP contribution in [-0.4, -0.2) is 65.7 Å². The monoisotopic (exact) mass is 718 g/mol. The van der Waals surface area contributed by atoms with E-state index in [4.69, 9.17) is 19.1 Å². The molecule has 0 radical (unpaired) electrons. The highest BCUT2D eigenvalue weighted by atomic mass is 31.2. The van der Waals surface area contributed by atoms with Crippen LogP contribution >= 0.6 is 7.82 Å². The van der Waals surface area contributed by atoms with Gasteiger partial charge >= 0.3 is 19.8 Å². The van der Waals surface area contributed by atoms with Crippen molar-refractivity contribution in [3.8, 4) is 0 Å². The van der Waals surface area contributed by atoms with Crippen molar-refractivity contribution < 1.29 is 47.8 Å². The molecule has 49 heavy (non-hydrogen) atoms. The van der Waals surface area contributed by atoms with Gasteiger partial charge in [-0.25, -0.2) is 4.57 Å². The van der Waals surface area contributed by atoms with Gasteiger partial charge < -0.3 is 24.6 Å². The number of phosphoric acid groups is 1. The van der Waals surface area contributed by atoms with Crippen LogP contribution in [0, 0.1) is 0 Å². The van der Waals surface area contributed by atoms with E-state index in [0.29, 0.717) is 12.8 Å². The number of esters is 2. The summed E-state index contributed by atoms with van der Waals surface area (Å²) in [5.41, 5.74) is 0. The number of aliphatic hydroxyl groups is 2. The number of carbonyl (C=O) groups is 2. The van der Waals surface area contributed by atoms with Crippen LogP contribution in [0.1, 0.15) is 168 Å². The van der Waals surface area contributed by atoms with Gasteiger partial charge in [-0.15, -0.1) is 0 Å². The molecular weight excluding hydrogens is 647 g/mol. The Kier molecular flexibility index (Phi) is 33.8. The van der Waals surface area contributed by atoms with Gasteiger partial charge in [0.15, 0.2) is 6.10 Å². The van der Waals surface area contributed by atoms with Crippen molar-refractivity contribution in [1.29, 1.82) is 0 Å². The van der Waals surface area contributed by atoms with E-state index in [1.54, 1.807) is 0 Å². The van der Waals surface area contributed by atoms with Crippen molar-refractivity contribution in [3.63, 3.8) is 0 Å². The first-order valence-electron chi connectivity index (χ1n) is 19.3. The molecule has 0 aromatic carbocycles. The molecule has 11 heteroatoms. The molecule has 0 spiro atoms. The summed E-state index contributed by atoms with van der Waals surface area (Å²) in [7, 11) is -4.61. The van der Waals surface area contributed by atoms with Gasteiger partial charge in [0.05, 0.1) is 19.8 Å². The van der Waals surface area contributed by atoms with E-state index < -0.39 is 51.8 Å². The topological polar surface area (TPSA) is 149 Å². The average Bonchev–Trinajstić information content (AvgIpc) is 3.09. The predicted octanol–water partition coefficient (Wildman–Crippen LogP) is 9.44. The first-order chi connectivity index (χ1) is 23.7. The third kappa shape index (κ3) is 34.7. The molecule has 0 rings (SSSR count). The minimum absolute atomic E-state index is 0.177. The molecule has 288 valence electrons. The lowest BCUT2D eigenvalue weighted by Crippen LogP contribution is -2.29. The third-order valence-corrected chi connectivity index (χ3v) is 9.06. The Hall–Kier alpha value is -1.55. The molecule has 3 N–H and O–H groups in total. The van der Waals surface area contributed by atoms with Crippen LogP contribution in [0.5, 0.6) is 0 Å². The van der Waals surface area contributed by atoms with E-state index in [9.17, 15) is 24.2 Å². The summed E-state index contributed by atoms with van der Waals surface area (Å²) in [5, 5.41) is 18.2.